The van der Waals surface area contributed by atoms with Gasteiger partial charge in [0.2, 0.25) is 5.91 Å². The zero-order valence-electron chi connectivity index (χ0n) is 14.6. The molecule has 0 aliphatic heterocycles. The number of aliphatic imine (C=N–C) groups is 1. The molecule has 0 radical (unpaired) electrons. The average molecular weight is 318 g/mol. The van der Waals surface area contributed by atoms with Gasteiger partial charge in [-0.3, -0.25) is 4.79 Å². The first-order valence-corrected chi connectivity index (χ1v) is 8.55. The van der Waals surface area contributed by atoms with Crippen LogP contribution in [-0.2, 0) is 11.3 Å². The van der Waals surface area contributed by atoms with E-state index in [2.05, 4.69) is 22.5 Å². The first-order valence-electron chi connectivity index (χ1n) is 8.55. The van der Waals surface area contributed by atoms with Crippen LogP contribution in [-0.4, -0.2) is 42.9 Å². The van der Waals surface area contributed by atoms with Gasteiger partial charge in [-0.2, -0.15) is 0 Å². The van der Waals surface area contributed by atoms with Crippen molar-refractivity contribution in [1.82, 2.24) is 15.5 Å². The minimum Gasteiger partial charge on any atom is -0.357 e. The Morgan fingerprint density at radius 2 is 1.87 bits per heavy atom. The number of carbonyl (C=O) groups is 1. The SMILES string of the molecule is CCCCNC(=NCC(=O)N(CC)Cc1ccccc1)NCC. The summed E-state index contributed by atoms with van der Waals surface area (Å²) < 4.78 is 0. The van der Waals surface area contributed by atoms with Crippen molar-refractivity contribution in [1.29, 1.82) is 0 Å². The summed E-state index contributed by atoms with van der Waals surface area (Å²) in [6.07, 6.45) is 2.22. The normalized spacial score (nSPS) is 11.2. The van der Waals surface area contributed by atoms with Crippen LogP contribution in [0.1, 0.15) is 39.2 Å². The predicted molar refractivity (Wildman–Crippen MR) is 96.4 cm³/mol. The van der Waals surface area contributed by atoms with E-state index in [9.17, 15) is 4.79 Å². The molecule has 23 heavy (non-hydrogen) atoms. The molecular formula is C18H30N4O. The van der Waals surface area contributed by atoms with Gasteiger partial charge in [-0.1, -0.05) is 43.7 Å². The van der Waals surface area contributed by atoms with Crippen LogP contribution in [0.3, 0.4) is 0 Å². The molecule has 0 aliphatic carbocycles. The van der Waals surface area contributed by atoms with Crippen LogP contribution < -0.4 is 10.6 Å². The summed E-state index contributed by atoms with van der Waals surface area (Å²) in [4.78, 5) is 18.6. The lowest BCUT2D eigenvalue weighted by Gasteiger charge is -2.20. The van der Waals surface area contributed by atoms with Crippen molar-refractivity contribution in [3.8, 4) is 0 Å². The van der Waals surface area contributed by atoms with Crippen molar-refractivity contribution in [3.05, 3.63) is 35.9 Å². The molecule has 0 aromatic heterocycles. The molecule has 0 atom stereocenters. The Morgan fingerprint density at radius 1 is 1.13 bits per heavy atom. The quantitative estimate of drug-likeness (QED) is 0.417. The first-order chi connectivity index (χ1) is 11.2. The second-order valence-corrected chi connectivity index (χ2v) is 5.37. The van der Waals surface area contributed by atoms with Crippen LogP contribution in [0.25, 0.3) is 0 Å². The summed E-state index contributed by atoms with van der Waals surface area (Å²) in [7, 11) is 0. The molecule has 0 heterocycles. The standard InChI is InChI=1S/C18H30N4O/c1-4-7-13-20-18(19-5-2)21-14-17(23)22(6-3)15-16-11-9-8-10-12-16/h8-12H,4-7,13-15H2,1-3H3,(H2,19,20,21). The van der Waals surface area contributed by atoms with E-state index in [1.165, 1.54) is 0 Å². The number of hydrogen-bond acceptors (Lipinski definition) is 2. The van der Waals surface area contributed by atoms with Gasteiger partial charge in [0.15, 0.2) is 5.96 Å². The van der Waals surface area contributed by atoms with Gasteiger partial charge < -0.3 is 15.5 Å². The van der Waals surface area contributed by atoms with Crippen molar-refractivity contribution < 1.29 is 4.79 Å². The Hall–Kier alpha value is -2.04. The number of benzene rings is 1. The van der Waals surface area contributed by atoms with E-state index in [0.717, 1.165) is 31.5 Å². The molecule has 0 aliphatic rings. The number of nitrogens with zero attached hydrogens (tertiary/aromatic N) is 2. The fourth-order valence-corrected chi connectivity index (χ4v) is 2.15. The Kier molecular flexibility index (Phi) is 9.52. The number of hydrogen-bond donors (Lipinski definition) is 2. The van der Waals surface area contributed by atoms with E-state index < -0.39 is 0 Å². The lowest BCUT2D eigenvalue weighted by Crippen LogP contribution is -2.39. The van der Waals surface area contributed by atoms with E-state index >= 15 is 0 Å². The second-order valence-electron chi connectivity index (χ2n) is 5.37. The Bertz CT molecular complexity index is 473. The van der Waals surface area contributed by atoms with Crippen LogP contribution in [0.5, 0.6) is 0 Å². The van der Waals surface area contributed by atoms with Gasteiger partial charge in [0.25, 0.3) is 0 Å². The third-order valence-electron chi connectivity index (χ3n) is 3.49. The van der Waals surface area contributed by atoms with Crippen molar-refractivity contribution in [2.45, 2.75) is 40.2 Å². The average Bonchev–Trinajstić information content (AvgIpc) is 2.58. The molecule has 0 spiro atoms. The second kappa shape index (κ2) is 11.5. The Labute approximate surface area is 140 Å². The van der Waals surface area contributed by atoms with Gasteiger partial charge in [0, 0.05) is 26.2 Å². The number of nitrogens with one attached hydrogen (secondary N) is 2. The monoisotopic (exact) mass is 318 g/mol. The number of guanidine groups is 1. The number of carbonyl (C=O) groups excluding carboxylic acids is 1. The molecule has 2 N–H and O–H groups in total. The van der Waals surface area contributed by atoms with Gasteiger partial charge in [0.1, 0.15) is 6.54 Å². The van der Waals surface area contributed by atoms with E-state index in [1.54, 1.807) is 0 Å². The number of unbranched alkanes of at least 4 members (excludes halogenated alkanes) is 1. The molecule has 1 amide bonds. The summed E-state index contributed by atoms with van der Waals surface area (Å²) >= 11 is 0. The smallest absolute Gasteiger partial charge is 0.244 e. The minimum atomic E-state index is 0.0454. The highest BCUT2D eigenvalue weighted by atomic mass is 16.2. The van der Waals surface area contributed by atoms with Crippen LogP contribution in [0, 0.1) is 0 Å². The van der Waals surface area contributed by atoms with Gasteiger partial charge in [-0.15, -0.1) is 0 Å². The van der Waals surface area contributed by atoms with Gasteiger partial charge in [-0.05, 0) is 25.8 Å². The number of rotatable bonds is 9. The topological polar surface area (TPSA) is 56.7 Å². The Morgan fingerprint density at radius 3 is 2.48 bits per heavy atom. The minimum absolute atomic E-state index is 0.0454. The van der Waals surface area contributed by atoms with Crippen molar-refractivity contribution in [3.63, 3.8) is 0 Å². The summed E-state index contributed by atoms with van der Waals surface area (Å²) in [6.45, 7) is 9.31. The zero-order chi connectivity index (χ0) is 16.9. The van der Waals surface area contributed by atoms with E-state index in [0.29, 0.717) is 19.0 Å². The molecule has 1 aromatic rings. The fourth-order valence-electron chi connectivity index (χ4n) is 2.15. The van der Waals surface area contributed by atoms with Gasteiger partial charge in [-0.25, -0.2) is 4.99 Å². The largest absolute Gasteiger partial charge is 0.357 e. The highest BCUT2D eigenvalue weighted by Gasteiger charge is 2.11. The highest BCUT2D eigenvalue weighted by molar-refractivity contribution is 5.84. The van der Waals surface area contributed by atoms with E-state index in [4.69, 9.17) is 0 Å². The van der Waals surface area contributed by atoms with Crippen molar-refractivity contribution in [2.75, 3.05) is 26.2 Å². The molecule has 1 rings (SSSR count). The molecule has 5 heteroatoms. The van der Waals surface area contributed by atoms with Crippen LogP contribution in [0.2, 0.25) is 0 Å². The number of likely N-dealkylation sites (N-methyl/N-ethyl adjacent to an activating group) is 1. The molecule has 0 fully saturated rings. The lowest BCUT2D eigenvalue weighted by molar-refractivity contribution is -0.130. The molecule has 1 aromatic carbocycles. The third-order valence-corrected chi connectivity index (χ3v) is 3.49. The zero-order valence-corrected chi connectivity index (χ0v) is 14.6. The van der Waals surface area contributed by atoms with Gasteiger partial charge in [0.05, 0.1) is 0 Å². The van der Waals surface area contributed by atoms with Crippen molar-refractivity contribution >= 4 is 11.9 Å². The summed E-state index contributed by atoms with van der Waals surface area (Å²) in [5.74, 6) is 0.758. The summed E-state index contributed by atoms with van der Waals surface area (Å²) in [5.41, 5.74) is 1.14. The maximum Gasteiger partial charge on any atom is 0.244 e. The molecular weight excluding hydrogens is 288 g/mol. The lowest BCUT2D eigenvalue weighted by atomic mass is 10.2. The maximum atomic E-state index is 12.4. The molecule has 0 saturated heterocycles. The molecule has 5 nitrogen and oxygen atoms in total. The van der Waals surface area contributed by atoms with E-state index in [1.807, 2.05) is 49.1 Å². The van der Waals surface area contributed by atoms with Crippen LogP contribution >= 0.6 is 0 Å². The third kappa shape index (κ3) is 7.68. The highest BCUT2D eigenvalue weighted by Crippen LogP contribution is 2.04. The van der Waals surface area contributed by atoms with Gasteiger partial charge >= 0.3 is 0 Å². The molecule has 0 saturated carbocycles. The fraction of sp³-hybridized carbons (Fsp3) is 0.556. The van der Waals surface area contributed by atoms with Crippen LogP contribution in [0.4, 0.5) is 0 Å². The van der Waals surface area contributed by atoms with E-state index in [-0.39, 0.29) is 12.5 Å². The van der Waals surface area contributed by atoms with Crippen LogP contribution in [0.15, 0.2) is 35.3 Å². The summed E-state index contributed by atoms with van der Waals surface area (Å²) in [5, 5.41) is 6.42. The van der Waals surface area contributed by atoms with Crippen molar-refractivity contribution in [2.24, 2.45) is 4.99 Å². The Balaban J connectivity index is 2.56. The molecule has 128 valence electrons. The summed E-state index contributed by atoms with van der Waals surface area (Å²) in [6, 6.07) is 10.0. The predicted octanol–water partition coefficient (Wildman–Crippen LogP) is 2.39. The first kappa shape index (κ1) is 19.0. The molecule has 0 bridgehead atoms. The molecule has 0 unspecified atom stereocenters. The number of amides is 1. The maximum absolute atomic E-state index is 12.4.